The molecule has 0 bridgehead atoms. The molecule has 0 spiro atoms. The van der Waals surface area contributed by atoms with Gasteiger partial charge in [0.25, 0.3) is 0 Å². The Hall–Kier alpha value is -6.05. The molecule has 4 heterocycles. The number of benzene rings is 2. The second-order valence-electron chi connectivity index (χ2n) is 13.5. The Bertz CT molecular complexity index is 2020. The van der Waals surface area contributed by atoms with Crippen LogP contribution in [-0.2, 0) is 30.3 Å². The lowest BCUT2D eigenvalue weighted by atomic mass is 10.0. The number of aromatic nitrogens is 3. The third-order valence-electron chi connectivity index (χ3n) is 9.65. The van der Waals surface area contributed by atoms with Crippen LogP contribution in [0.4, 0.5) is 16.6 Å². The van der Waals surface area contributed by atoms with Crippen LogP contribution in [0.25, 0.3) is 22.0 Å². The Morgan fingerprint density at radius 2 is 1.68 bits per heavy atom. The van der Waals surface area contributed by atoms with Crippen molar-refractivity contribution in [3.05, 3.63) is 78.6 Å². The molecule has 2 fully saturated rings. The summed E-state index contributed by atoms with van der Waals surface area (Å²) in [4.78, 5) is 80.5. The highest BCUT2D eigenvalue weighted by Gasteiger charge is 2.39. The molecule has 6 rings (SSSR count). The maximum Gasteiger partial charge on any atom is 0.407 e. The summed E-state index contributed by atoms with van der Waals surface area (Å²) in [6, 6.07) is 17.2. The van der Waals surface area contributed by atoms with Crippen molar-refractivity contribution in [1.82, 2.24) is 30.1 Å². The van der Waals surface area contributed by atoms with Crippen molar-refractivity contribution in [2.75, 3.05) is 25.5 Å². The number of ether oxygens (including phenoxy) is 1. The molecular formula is C39H43N8O6+. The zero-order valence-corrected chi connectivity index (χ0v) is 30.0. The van der Waals surface area contributed by atoms with Crippen LogP contribution in [0.2, 0.25) is 0 Å². The van der Waals surface area contributed by atoms with Crippen LogP contribution in [0.3, 0.4) is 0 Å². The van der Waals surface area contributed by atoms with Crippen LogP contribution < -0.4 is 10.6 Å². The number of alkyl carbamates (subject to hydrolysis) is 1. The standard InChI is InChI=1S/C39H42N8O6/c1-25(2)35(43-39(52)53-3)37(51)47-18-8-12-32(47)36(50)44-38-40-21-29(22-41-38)27-13-15-31-28(20-27)14-16-33(42-31)45(24-48)23-30-11-7-17-46(30)34(49)19-26-9-5-4-6-10-26/h4-6,9-10,13-16,20-25,30,32,35H,7-8,11-12,17-19H2,1-3H3,(H-,40,41,43,44,50,52)/p+1. The van der Waals surface area contributed by atoms with E-state index in [1.165, 1.54) is 16.6 Å². The lowest BCUT2D eigenvalue weighted by Crippen LogP contribution is -2.54. The molecular weight excluding hydrogens is 676 g/mol. The maximum absolute atomic E-state index is 13.3. The molecule has 2 aromatic carbocycles. The van der Waals surface area contributed by atoms with Crippen LogP contribution in [0, 0.1) is 5.92 Å². The van der Waals surface area contributed by atoms with Crippen molar-refractivity contribution in [2.45, 2.75) is 64.1 Å². The number of nitrogens with zero attached hydrogens (tertiary/aromatic N) is 6. The van der Waals surface area contributed by atoms with Gasteiger partial charge in [0.05, 0.1) is 25.8 Å². The highest BCUT2D eigenvalue weighted by molar-refractivity contribution is 5.98. The molecule has 2 aromatic heterocycles. The highest BCUT2D eigenvalue weighted by Crippen LogP contribution is 2.26. The monoisotopic (exact) mass is 719 g/mol. The van der Waals surface area contributed by atoms with Crippen LogP contribution in [-0.4, -0.2) is 104 Å². The quantitative estimate of drug-likeness (QED) is 0.132. The van der Waals surface area contributed by atoms with Crippen molar-refractivity contribution in [1.29, 1.82) is 0 Å². The average molecular weight is 720 g/mol. The molecule has 2 saturated heterocycles. The number of rotatable bonds is 11. The highest BCUT2D eigenvalue weighted by atomic mass is 16.5. The number of hydrogen-bond donors (Lipinski definition) is 2. The lowest BCUT2D eigenvalue weighted by Gasteiger charge is -2.30. The van der Waals surface area contributed by atoms with E-state index < -0.39 is 24.1 Å². The molecule has 0 saturated carbocycles. The molecule has 0 aliphatic carbocycles. The molecule has 53 heavy (non-hydrogen) atoms. The Morgan fingerprint density at radius 3 is 2.40 bits per heavy atom. The minimum Gasteiger partial charge on any atom is -0.453 e. The smallest absolute Gasteiger partial charge is 0.407 e. The van der Waals surface area contributed by atoms with E-state index in [0.717, 1.165) is 29.4 Å². The molecule has 274 valence electrons. The number of methoxy groups -OCH3 is 1. The number of nitrogens with one attached hydrogen (secondary N) is 2. The molecule has 14 nitrogen and oxygen atoms in total. The minimum absolute atomic E-state index is 0.0257. The van der Waals surface area contributed by atoms with Gasteiger partial charge in [-0.15, -0.1) is 0 Å². The van der Waals surface area contributed by atoms with Gasteiger partial charge in [0.15, 0.2) is 5.52 Å². The Morgan fingerprint density at radius 1 is 0.943 bits per heavy atom. The first-order chi connectivity index (χ1) is 25.6. The van der Waals surface area contributed by atoms with Gasteiger partial charge in [0.2, 0.25) is 23.7 Å². The molecule has 0 radical (unpaired) electrons. The molecule has 14 heteroatoms. The number of pyridine rings is 1. The summed E-state index contributed by atoms with van der Waals surface area (Å²) in [5, 5.41) is 6.14. The predicted octanol–water partition coefficient (Wildman–Crippen LogP) is 4.11. The van der Waals surface area contributed by atoms with Crippen molar-refractivity contribution in [3.63, 3.8) is 0 Å². The molecule has 4 aromatic rings. The van der Waals surface area contributed by atoms with E-state index in [2.05, 4.69) is 25.3 Å². The number of carbonyl (C=O) groups is 5. The van der Waals surface area contributed by atoms with Gasteiger partial charge in [-0.2, -0.15) is 4.58 Å². The third kappa shape index (κ3) is 8.54. The summed E-state index contributed by atoms with van der Waals surface area (Å²) in [7, 11) is 1.23. The Balaban J connectivity index is 1.11. The first-order valence-corrected chi connectivity index (χ1v) is 17.8. The number of anilines is 1. The second-order valence-corrected chi connectivity index (χ2v) is 13.5. The zero-order chi connectivity index (χ0) is 37.5. The average Bonchev–Trinajstić information content (AvgIpc) is 3.86. The molecule has 5 amide bonds. The number of hydrogen-bond acceptors (Lipinski definition) is 9. The summed E-state index contributed by atoms with van der Waals surface area (Å²) < 4.78 is 6.12. The van der Waals surface area contributed by atoms with Gasteiger partial charge in [-0.3, -0.25) is 24.5 Å². The van der Waals surface area contributed by atoms with E-state index in [4.69, 9.17) is 4.98 Å². The van der Waals surface area contributed by atoms with E-state index in [0.29, 0.717) is 55.7 Å². The lowest BCUT2D eigenvalue weighted by molar-refractivity contribution is -0.349. The number of fused-ring (bicyclic) bond motifs is 1. The Kier molecular flexibility index (Phi) is 11.5. The SMILES string of the molecule is COC(=O)NC(C(=O)N1CCCC1C(=O)Nc1ncc(-c2ccc3nc([N+](C=O)=CC4CCCN4C(=O)Cc4ccccc4)ccc3c2)cn1)C(C)C. The maximum atomic E-state index is 13.3. The van der Waals surface area contributed by atoms with Gasteiger partial charge in [-0.1, -0.05) is 44.2 Å². The fraction of sp³-hybridized carbons (Fsp3) is 0.359. The molecule has 3 atom stereocenters. The number of likely N-dealkylation sites (tertiary alicyclic amines) is 2. The van der Waals surface area contributed by atoms with Crippen LogP contribution in [0.15, 0.2) is 73.1 Å². The first kappa shape index (κ1) is 36.7. The van der Waals surface area contributed by atoms with Crippen LogP contribution >= 0.6 is 0 Å². The Labute approximate surface area is 307 Å². The van der Waals surface area contributed by atoms with Gasteiger partial charge in [0.1, 0.15) is 12.1 Å². The van der Waals surface area contributed by atoms with E-state index >= 15 is 0 Å². The van der Waals surface area contributed by atoms with E-state index in [-0.39, 0.29) is 29.7 Å². The fourth-order valence-electron chi connectivity index (χ4n) is 6.83. The van der Waals surface area contributed by atoms with Crippen LogP contribution in [0.1, 0.15) is 45.1 Å². The fourth-order valence-corrected chi connectivity index (χ4v) is 6.83. The normalized spacial score (nSPS) is 17.8. The summed E-state index contributed by atoms with van der Waals surface area (Å²) >= 11 is 0. The van der Waals surface area contributed by atoms with Crippen molar-refractivity contribution < 1.29 is 33.3 Å². The zero-order valence-electron chi connectivity index (χ0n) is 30.0. The summed E-state index contributed by atoms with van der Waals surface area (Å²) in [5.41, 5.74) is 3.17. The first-order valence-electron chi connectivity index (χ1n) is 17.8. The summed E-state index contributed by atoms with van der Waals surface area (Å²) in [6.07, 6.45) is 8.04. The third-order valence-corrected chi connectivity index (χ3v) is 9.65. The van der Waals surface area contributed by atoms with Gasteiger partial charge in [-0.05, 0) is 72.0 Å². The number of carbonyl (C=O) groups excluding carboxylic acids is 5. The van der Waals surface area contributed by atoms with Crippen molar-refractivity contribution >= 4 is 59.1 Å². The van der Waals surface area contributed by atoms with E-state index in [1.807, 2.05) is 73.3 Å². The largest absolute Gasteiger partial charge is 0.453 e. The van der Waals surface area contributed by atoms with Crippen molar-refractivity contribution in [3.8, 4) is 11.1 Å². The number of amides is 5. The molecule has 2 aliphatic heterocycles. The second kappa shape index (κ2) is 16.5. The van der Waals surface area contributed by atoms with Gasteiger partial charge in [0, 0.05) is 42.5 Å². The summed E-state index contributed by atoms with van der Waals surface area (Å²) in [5.74, 6) is -0.383. The summed E-state index contributed by atoms with van der Waals surface area (Å²) in [6.45, 7) is 4.65. The predicted molar refractivity (Wildman–Crippen MR) is 197 cm³/mol. The van der Waals surface area contributed by atoms with E-state index in [9.17, 15) is 24.0 Å². The van der Waals surface area contributed by atoms with Gasteiger partial charge in [-0.25, -0.2) is 14.8 Å². The van der Waals surface area contributed by atoms with Crippen LogP contribution in [0.5, 0.6) is 0 Å². The van der Waals surface area contributed by atoms with E-state index in [1.54, 1.807) is 24.7 Å². The van der Waals surface area contributed by atoms with Gasteiger partial charge >= 0.3 is 18.3 Å². The van der Waals surface area contributed by atoms with Crippen molar-refractivity contribution in [2.24, 2.45) is 5.92 Å². The minimum atomic E-state index is -0.831. The molecule has 2 aliphatic rings. The topological polar surface area (TPSA) is 167 Å². The van der Waals surface area contributed by atoms with Gasteiger partial charge < -0.3 is 19.9 Å². The molecule has 2 N–H and O–H groups in total. The molecule has 3 unspecified atom stereocenters.